The van der Waals surface area contributed by atoms with Crippen molar-refractivity contribution in [2.45, 2.75) is 4.90 Å². The fourth-order valence-corrected chi connectivity index (χ4v) is 1.58. The highest BCUT2D eigenvalue weighted by Gasteiger charge is 2.66. The third-order valence-electron chi connectivity index (χ3n) is 1.66. The highest BCUT2D eigenvalue weighted by atomic mass is 32.5. The van der Waals surface area contributed by atoms with Crippen LogP contribution in [0.15, 0.2) is 17.0 Å². The van der Waals surface area contributed by atoms with Crippen LogP contribution in [-0.2, 0) is 0 Å². The van der Waals surface area contributed by atoms with E-state index in [1.54, 1.807) is 0 Å². The number of rotatable bonds is 2. The summed E-state index contributed by atoms with van der Waals surface area (Å²) >= 11 is 0. The Balaban J connectivity index is 3.68. The molecule has 11 heteroatoms. The maximum absolute atomic E-state index is 12.7. The van der Waals surface area contributed by atoms with Crippen molar-refractivity contribution >= 4 is 15.9 Å². The van der Waals surface area contributed by atoms with E-state index in [9.17, 15) is 33.9 Å². The number of benzene rings is 1. The molecule has 0 radical (unpaired) electrons. The summed E-state index contributed by atoms with van der Waals surface area (Å²) in [5, 5.41) is 18.9. The predicted molar refractivity (Wildman–Crippen MR) is 46.1 cm³/mol. The fourth-order valence-electron chi connectivity index (χ4n) is 0.922. The second kappa shape index (κ2) is 2.78. The van der Waals surface area contributed by atoms with Crippen LogP contribution in [0.3, 0.4) is 0 Å². The molecule has 1 N–H and O–H groups in total. The number of phenolic OH excluding ortho intramolecular Hbond substituents is 1. The second-order valence-corrected chi connectivity index (χ2v) is 5.41. The second-order valence-electron chi connectivity index (χ2n) is 3.00. The molecule has 0 unspecified atom stereocenters. The van der Waals surface area contributed by atoms with Gasteiger partial charge in [0, 0.05) is 12.1 Å². The van der Waals surface area contributed by atoms with Crippen molar-refractivity contribution in [3.63, 3.8) is 0 Å². The molecule has 0 spiro atoms. The van der Waals surface area contributed by atoms with E-state index >= 15 is 0 Å². The molecule has 0 heterocycles. The summed E-state index contributed by atoms with van der Waals surface area (Å²) in [5.41, 5.74) is -1.78. The molecule has 1 aromatic carbocycles. The Hall–Kier alpha value is -1.65. The van der Waals surface area contributed by atoms with E-state index in [0.717, 1.165) is 0 Å². The molecular formula is C6H3F6NO3S. The van der Waals surface area contributed by atoms with Gasteiger partial charge in [-0.15, -0.1) is 0 Å². The number of hydrogen-bond acceptors (Lipinski definition) is 3. The lowest BCUT2D eigenvalue weighted by Gasteiger charge is -2.40. The minimum Gasteiger partial charge on any atom is -0.500 e. The van der Waals surface area contributed by atoms with Gasteiger partial charge in [-0.25, -0.2) is 4.39 Å². The van der Waals surface area contributed by atoms with E-state index in [4.69, 9.17) is 5.11 Å². The third-order valence-corrected chi connectivity index (χ3v) is 2.79. The van der Waals surface area contributed by atoms with E-state index in [2.05, 4.69) is 0 Å². The standard InChI is InChI=1S/C6H3F6NO3S/c7-4-1-3(17(8,9,10,11)12)2-5(6(4)14)13(15)16/h1-2,14H. The first kappa shape index (κ1) is 13.4. The molecule has 17 heavy (non-hydrogen) atoms. The number of nitrogens with zero attached hydrogens (tertiary/aromatic N) is 1. The number of phenols is 1. The molecule has 4 nitrogen and oxygen atoms in total. The first-order valence-corrected chi connectivity index (χ1v) is 5.58. The van der Waals surface area contributed by atoms with Crippen LogP contribution in [0.25, 0.3) is 0 Å². The number of aromatic hydroxyl groups is 1. The molecule has 0 saturated carbocycles. The molecular weight excluding hydrogens is 280 g/mol. The molecule has 98 valence electrons. The molecule has 0 aromatic heterocycles. The Morgan fingerprint density at radius 2 is 1.65 bits per heavy atom. The van der Waals surface area contributed by atoms with Gasteiger partial charge in [-0.1, -0.05) is 19.4 Å². The topological polar surface area (TPSA) is 63.4 Å². The van der Waals surface area contributed by atoms with Gasteiger partial charge in [0.05, 0.1) is 4.92 Å². The SMILES string of the molecule is O=[N+]([O-])c1cc(S(F)(F)(F)(F)F)cc(F)c1O. The predicted octanol–water partition coefficient (Wildman–Crippen LogP) is 4.10. The first-order chi connectivity index (χ1) is 7.22. The van der Waals surface area contributed by atoms with Gasteiger partial charge in [0.1, 0.15) is 4.90 Å². The zero-order valence-electron chi connectivity index (χ0n) is 7.54. The van der Waals surface area contributed by atoms with E-state index in [-0.39, 0.29) is 0 Å². The Labute approximate surface area is 89.3 Å². The molecule has 0 aliphatic rings. The van der Waals surface area contributed by atoms with Crippen LogP contribution in [0.2, 0.25) is 0 Å². The van der Waals surface area contributed by atoms with Crippen LogP contribution in [0, 0.1) is 15.9 Å². The van der Waals surface area contributed by atoms with Gasteiger partial charge in [-0.2, -0.15) is 0 Å². The summed E-state index contributed by atoms with van der Waals surface area (Å²) < 4.78 is 73.9. The molecule has 0 amide bonds. The average Bonchev–Trinajstić information content (AvgIpc) is 2.04. The highest BCUT2D eigenvalue weighted by molar-refractivity contribution is 8.45. The normalized spacial score (nSPS) is 16.1. The molecule has 0 aliphatic carbocycles. The third kappa shape index (κ3) is 2.72. The maximum atomic E-state index is 12.7. The van der Waals surface area contributed by atoms with Crippen LogP contribution >= 0.6 is 10.2 Å². The summed E-state index contributed by atoms with van der Waals surface area (Å²) in [6.45, 7) is 0. The van der Waals surface area contributed by atoms with Gasteiger partial charge in [-0.05, 0) is 0 Å². The van der Waals surface area contributed by atoms with Crippen LogP contribution in [-0.4, -0.2) is 10.0 Å². The number of hydrogen-bond donors (Lipinski definition) is 1. The van der Waals surface area contributed by atoms with E-state index in [1.165, 1.54) is 0 Å². The van der Waals surface area contributed by atoms with Crippen molar-refractivity contribution in [2.75, 3.05) is 0 Å². The smallest absolute Gasteiger partial charge is 0.315 e. The summed E-state index contributed by atoms with van der Waals surface area (Å²) in [5.74, 6) is -3.89. The molecule has 0 bridgehead atoms. The van der Waals surface area contributed by atoms with Crippen LogP contribution in [0.5, 0.6) is 5.75 Å². The number of halogens is 6. The van der Waals surface area contributed by atoms with Crippen molar-refractivity contribution in [3.05, 3.63) is 28.1 Å². The Kier molecular flexibility index (Phi) is 2.19. The molecule has 0 saturated heterocycles. The Bertz CT molecular complexity index is 512. The van der Waals surface area contributed by atoms with Crippen molar-refractivity contribution in [3.8, 4) is 5.75 Å². The monoisotopic (exact) mass is 283 g/mol. The molecule has 0 fully saturated rings. The minimum atomic E-state index is -10.2. The van der Waals surface area contributed by atoms with Crippen molar-refractivity contribution in [1.82, 2.24) is 0 Å². The zero-order chi connectivity index (χ0) is 13.7. The molecule has 1 aromatic rings. The Morgan fingerprint density at radius 1 is 1.18 bits per heavy atom. The zero-order valence-corrected chi connectivity index (χ0v) is 8.36. The maximum Gasteiger partial charge on any atom is 0.315 e. The number of nitro benzene ring substituents is 1. The summed E-state index contributed by atoms with van der Waals surface area (Å²) in [6, 6.07) is -1.30. The summed E-state index contributed by atoms with van der Waals surface area (Å²) in [7, 11) is -10.2. The highest BCUT2D eigenvalue weighted by Crippen LogP contribution is 3.02. The van der Waals surface area contributed by atoms with Gasteiger partial charge in [0.15, 0.2) is 5.82 Å². The van der Waals surface area contributed by atoms with Crippen LogP contribution in [0.4, 0.5) is 29.5 Å². The van der Waals surface area contributed by atoms with E-state index in [0.29, 0.717) is 0 Å². The molecule has 0 aliphatic heterocycles. The first-order valence-electron chi connectivity index (χ1n) is 3.63. The number of nitro groups is 1. The lowest BCUT2D eigenvalue weighted by Crippen LogP contribution is -2.07. The van der Waals surface area contributed by atoms with E-state index < -0.39 is 49.4 Å². The lowest BCUT2D eigenvalue weighted by molar-refractivity contribution is -0.386. The van der Waals surface area contributed by atoms with Crippen molar-refractivity contribution in [2.24, 2.45) is 0 Å². The molecule has 1 rings (SSSR count). The van der Waals surface area contributed by atoms with E-state index in [1.807, 2.05) is 0 Å². The quantitative estimate of drug-likeness (QED) is 0.505. The van der Waals surface area contributed by atoms with Gasteiger partial charge in [0.25, 0.3) is 0 Å². The largest absolute Gasteiger partial charge is 0.500 e. The lowest BCUT2D eigenvalue weighted by atomic mass is 10.3. The van der Waals surface area contributed by atoms with Crippen LogP contribution in [0.1, 0.15) is 0 Å². The van der Waals surface area contributed by atoms with Gasteiger partial charge in [-0.3, -0.25) is 10.1 Å². The van der Waals surface area contributed by atoms with Crippen molar-refractivity contribution < 1.29 is 33.8 Å². The van der Waals surface area contributed by atoms with Gasteiger partial charge < -0.3 is 5.11 Å². The summed E-state index contributed by atoms with van der Waals surface area (Å²) in [4.78, 5) is 5.76. The van der Waals surface area contributed by atoms with Gasteiger partial charge >= 0.3 is 15.9 Å². The minimum absolute atomic E-state index is 0.611. The van der Waals surface area contributed by atoms with Crippen LogP contribution < -0.4 is 0 Å². The van der Waals surface area contributed by atoms with Crippen molar-refractivity contribution in [1.29, 1.82) is 0 Å². The Morgan fingerprint density at radius 3 is 2.00 bits per heavy atom. The fraction of sp³-hybridized carbons (Fsp3) is 0. The average molecular weight is 283 g/mol. The van der Waals surface area contributed by atoms with Gasteiger partial charge in [0.2, 0.25) is 5.75 Å². The molecule has 0 atom stereocenters. The summed E-state index contributed by atoms with van der Waals surface area (Å²) in [6.07, 6.45) is 0.